The molecule has 2 aromatic rings. The second-order valence-electron chi connectivity index (χ2n) is 3.94. The van der Waals surface area contributed by atoms with E-state index >= 15 is 0 Å². The third-order valence-corrected chi connectivity index (χ3v) is 3.01. The van der Waals surface area contributed by atoms with Gasteiger partial charge >= 0.3 is 0 Å². The van der Waals surface area contributed by atoms with E-state index in [4.69, 9.17) is 16.3 Å². The van der Waals surface area contributed by atoms with Crippen molar-refractivity contribution in [2.75, 3.05) is 0 Å². The van der Waals surface area contributed by atoms with E-state index in [1.165, 1.54) is 6.07 Å². The summed E-state index contributed by atoms with van der Waals surface area (Å²) in [4.78, 5) is 0. The number of phenols is 1. The van der Waals surface area contributed by atoms with Crippen LogP contribution >= 0.6 is 11.6 Å². The molecule has 0 atom stereocenters. The Bertz CT molecular complexity index is 550. The number of halogens is 1. The molecule has 2 aromatic carbocycles. The Morgan fingerprint density at radius 3 is 2.59 bits per heavy atom. The van der Waals surface area contributed by atoms with Crippen molar-refractivity contribution in [2.24, 2.45) is 0 Å². The van der Waals surface area contributed by atoms with Crippen molar-refractivity contribution in [1.29, 1.82) is 0 Å². The van der Waals surface area contributed by atoms with E-state index in [1.807, 2.05) is 38.1 Å². The van der Waals surface area contributed by atoms with Gasteiger partial charge in [0.15, 0.2) is 0 Å². The molecular weight excluding hydrogens is 236 g/mol. The van der Waals surface area contributed by atoms with E-state index in [2.05, 4.69) is 0 Å². The summed E-state index contributed by atoms with van der Waals surface area (Å²) >= 11 is 5.95. The maximum atomic E-state index is 9.45. The van der Waals surface area contributed by atoms with Gasteiger partial charge in [0.2, 0.25) is 0 Å². The molecule has 0 aliphatic carbocycles. The Morgan fingerprint density at radius 2 is 1.88 bits per heavy atom. The van der Waals surface area contributed by atoms with Crippen molar-refractivity contribution in [3.63, 3.8) is 0 Å². The van der Waals surface area contributed by atoms with Gasteiger partial charge in [0.25, 0.3) is 0 Å². The summed E-state index contributed by atoms with van der Waals surface area (Å²) in [7, 11) is 0. The zero-order chi connectivity index (χ0) is 12.4. The first-order valence-corrected chi connectivity index (χ1v) is 5.68. The maximum Gasteiger partial charge on any atom is 0.134 e. The van der Waals surface area contributed by atoms with Crippen LogP contribution in [0.1, 0.15) is 11.1 Å². The van der Waals surface area contributed by atoms with E-state index in [1.54, 1.807) is 6.07 Å². The Morgan fingerprint density at radius 1 is 1.12 bits per heavy atom. The van der Waals surface area contributed by atoms with Crippen LogP contribution in [0.25, 0.3) is 0 Å². The Hall–Kier alpha value is -1.67. The van der Waals surface area contributed by atoms with Gasteiger partial charge in [0, 0.05) is 5.56 Å². The lowest BCUT2D eigenvalue weighted by Gasteiger charge is -2.11. The third-order valence-electron chi connectivity index (χ3n) is 2.53. The molecule has 88 valence electrons. The third kappa shape index (κ3) is 2.53. The van der Waals surface area contributed by atoms with Crippen molar-refractivity contribution in [3.8, 4) is 17.2 Å². The lowest BCUT2D eigenvalue weighted by atomic mass is 10.2. The Labute approximate surface area is 105 Å². The molecule has 0 saturated carbocycles. The van der Waals surface area contributed by atoms with Crippen molar-refractivity contribution in [2.45, 2.75) is 13.8 Å². The average molecular weight is 249 g/mol. The minimum Gasteiger partial charge on any atom is -0.506 e. The Balaban J connectivity index is 2.34. The molecule has 0 amide bonds. The van der Waals surface area contributed by atoms with Crippen molar-refractivity contribution < 1.29 is 9.84 Å². The molecule has 0 aliphatic rings. The number of hydrogen-bond donors (Lipinski definition) is 1. The number of rotatable bonds is 2. The van der Waals surface area contributed by atoms with Crippen LogP contribution in [0.5, 0.6) is 17.2 Å². The van der Waals surface area contributed by atoms with Gasteiger partial charge in [-0.05, 0) is 43.7 Å². The van der Waals surface area contributed by atoms with Crippen LogP contribution in [0.15, 0.2) is 36.4 Å². The first-order chi connectivity index (χ1) is 8.08. The second-order valence-corrected chi connectivity index (χ2v) is 4.32. The molecule has 0 aromatic heterocycles. The second kappa shape index (κ2) is 4.68. The number of benzene rings is 2. The normalized spacial score (nSPS) is 10.3. The van der Waals surface area contributed by atoms with E-state index in [9.17, 15) is 5.11 Å². The van der Waals surface area contributed by atoms with Gasteiger partial charge in [0.05, 0.1) is 5.02 Å². The number of aryl methyl sites for hydroxylation is 1. The van der Waals surface area contributed by atoms with Crippen LogP contribution in [0.3, 0.4) is 0 Å². The number of hydrogen-bond acceptors (Lipinski definition) is 2. The van der Waals surface area contributed by atoms with E-state index < -0.39 is 0 Å². The van der Waals surface area contributed by atoms with Gasteiger partial charge in [-0.15, -0.1) is 0 Å². The number of ether oxygens (including phenoxy) is 1. The van der Waals surface area contributed by atoms with E-state index in [-0.39, 0.29) is 5.75 Å². The fourth-order valence-corrected chi connectivity index (χ4v) is 1.73. The Kier molecular flexibility index (Phi) is 3.25. The molecular formula is C14H13ClO2. The molecule has 17 heavy (non-hydrogen) atoms. The fourth-order valence-electron chi connectivity index (χ4n) is 1.57. The summed E-state index contributed by atoms with van der Waals surface area (Å²) in [6.07, 6.45) is 0. The zero-order valence-corrected chi connectivity index (χ0v) is 10.5. The fraction of sp³-hybridized carbons (Fsp3) is 0.143. The van der Waals surface area contributed by atoms with Crippen LogP contribution in [-0.2, 0) is 0 Å². The van der Waals surface area contributed by atoms with Gasteiger partial charge < -0.3 is 9.84 Å². The topological polar surface area (TPSA) is 29.5 Å². The molecule has 0 bridgehead atoms. The van der Waals surface area contributed by atoms with Crippen LogP contribution in [0.2, 0.25) is 5.02 Å². The lowest BCUT2D eigenvalue weighted by Crippen LogP contribution is -1.89. The standard InChI is InChI=1S/C14H13ClO2/c1-9-4-3-5-11(8-9)17-13-7-6-12(16)14(15)10(13)2/h3-8,16H,1-2H3. The molecule has 3 heteroatoms. The number of phenolic OH excluding ortho intramolecular Hbond substituents is 1. The highest BCUT2D eigenvalue weighted by Crippen LogP contribution is 2.35. The smallest absolute Gasteiger partial charge is 0.134 e. The van der Waals surface area contributed by atoms with E-state index in [0.717, 1.165) is 16.9 Å². The largest absolute Gasteiger partial charge is 0.506 e. The zero-order valence-electron chi connectivity index (χ0n) is 9.70. The van der Waals surface area contributed by atoms with Crippen LogP contribution in [-0.4, -0.2) is 5.11 Å². The summed E-state index contributed by atoms with van der Waals surface area (Å²) in [6.45, 7) is 3.82. The molecule has 1 N–H and O–H groups in total. The predicted molar refractivity (Wildman–Crippen MR) is 69.1 cm³/mol. The van der Waals surface area contributed by atoms with Gasteiger partial charge in [-0.3, -0.25) is 0 Å². The molecule has 0 spiro atoms. The predicted octanol–water partition coefficient (Wildman–Crippen LogP) is 4.45. The van der Waals surface area contributed by atoms with Gasteiger partial charge in [-0.1, -0.05) is 23.7 Å². The summed E-state index contributed by atoms with van der Waals surface area (Å²) in [5, 5.41) is 9.78. The van der Waals surface area contributed by atoms with Crippen molar-refractivity contribution >= 4 is 11.6 Å². The summed E-state index contributed by atoms with van der Waals surface area (Å²) in [6, 6.07) is 11.0. The van der Waals surface area contributed by atoms with E-state index in [0.29, 0.717) is 10.8 Å². The highest BCUT2D eigenvalue weighted by atomic mass is 35.5. The minimum atomic E-state index is 0.0701. The van der Waals surface area contributed by atoms with Gasteiger partial charge in [-0.25, -0.2) is 0 Å². The first kappa shape index (κ1) is 11.8. The van der Waals surface area contributed by atoms with Crippen molar-refractivity contribution in [1.82, 2.24) is 0 Å². The van der Waals surface area contributed by atoms with Crippen LogP contribution in [0, 0.1) is 13.8 Å². The molecule has 0 saturated heterocycles. The quantitative estimate of drug-likeness (QED) is 0.851. The first-order valence-electron chi connectivity index (χ1n) is 5.30. The monoisotopic (exact) mass is 248 g/mol. The number of aromatic hydroxyl groups is 1. The summed E-state index contributed by atoms with van der Waals surface area (Å²) in [5.74, 6) is 1.48. The highest BCUT2D eigenvalue weighted by Gasteiger charge is 2.08. The van der Waals surface area contributed by atoms with Crippen molar-refractivity contribution in [3.05, 3.63) is 52.5 Å². The molecule has 2 nitrogen and oxygen atoms in total. The van der Waals surface area contributed by atoms with Gasteiger partial charge in [-0.2, -0.15) is 0 Å². The maximum absolute atomic E-state index is 9.45. The molecule has 2 rings (SSSR count). The molecule has 0 fully saturated rings. The summed E-state index contributed by atoms with van der Waals surface area (Å²) in [5.41, 5.74) is 1.86. The molecule has 0 heterocycles. The van der Waals surface area contributed by atoms with Gasteiger partial charge in [0.1, 0.15) is 17.2 Å². The SMILES string of the molecule is Cc1cccc(Oc2ccc(O)c(Cl)c2C)c1. The lowest BCUT2D eigenvalue weighted by molar-refractivity contribution is 0.461. The highest BCUT2D eigenvalue weighted by molar-refractivity contribution is 6.32. The van der Waals surface area contributed by atoms with Crippen LogP contribution in [0.4, 0.5) is 0 Å². The molecule has 0 unspecified atom stereocenters. The van der Waals surface area contributed by atoms with Crippen LogP contribution < -0.4 is 4.74 Å². The molecule has 0 aliphatic heterocycles. The average Bonchev–Trinajstić information content (AvgIpc) is 2.30. The summed E-state index contributed by atoms with van der Waals surface area (Å²) < 4.78 is 5.73. The molecule has 0 radical (unpaired) electrons. The minimum absolute atomic E-state index is 0.0701.